The number of aromatic nitrogens is 5. The minimum absolute atomic E-state index is 0.152. The lowest BCUT2D eigenvalue weighted by molar-refractivity contribution is 0.102. The van der Waals surface area contributed by atoms with Crippen LogP contribution >= 0.6 is 15.9 Å². The number of anilines is 1. The van der Waals surface area contributed by atoms with E-state index in [2.05, 4.69) is 58.0 Å². The maximum atomic E-state index is 13.1. The minimum atomic E-state index is -0.152. The van der Waals surface area contributed by atoms with Crippen LogP contribution in [0.15, 0.2) is 84.1 Å². The first-order valence-electron chi connectivity index (χ1n) is 13.8. The van der Waals surface area contributed by atoms with Crippen LogP contribution in [0.25, 0.3) is 33.9 Å². The maximum Gasteiger partial charge on any atom is 0.255 e. The van der Waals surface area contributed by atoms with E-state index in [0.717, 1.165) is 70.8 Å². The first kappa shape index (κ1) is 27.9. The second-order valence-corrected chi connectivity index (χ2v) is 11.4. The normalized spacial score (nSPS) is 14.2. The quantitative estimate of drug-likeness (QED) is 0.241. The van der Waals surface area contributed by atoms with Gasteiger partial charge < -0.3 is 15.2 Å². The first-order valence-corrected chi connectivity index (χ1v) is 14.6. The van der Waals surface area contributed by atoms with Crippen molar-refractivity contribution in [1.82, 2.24) is 34.7 Å². The smallest absolute Gasteiger partial charge is 0.255 e. The van der Waals surface area contributed by atoms with Gasteiger partial charge in [0.15, 0.2) is 5.82 Å². The van der Waals surface area contributed by atoms with Crippen molar-refractivity contribution in [2.45, 2.75) is 13.5 Å². The number of nitrogens with one attached hydrogen (secondary N) is 2. The molecule has 0 spiro atoms. The van der Waals surface area contributed by atoms with Crippen LogP contribution in [0, 0.1) is 6.92 Å². The molecule has 3 aromatic heterocycles. The minimum Gasteiger partial charge on any atom is -0.360 e. The van der Waals surface area contributed by atoms with E-state index in [9.17, 15) is 4.79 Å². The second kappa shape index (κ2) is 12.3. The summed E-state index contributed by atoms with van der Waals surface area (Å²) < 4.78 is 0.949. The van der Waals surface area contributed by atoms with Gasteiger partial charge in [0, 0.05) is 84.4 Å². The molecule has 42 heavy (non-hydrogen) atoms. The average molecular weight is 624 g/mol. The number of amides is 1. The van der Waals surface area contributed by atoms with Gasteiger partial charge in [0.05, 0.1) is 11.4 Å². The monoisotopic (exact) mass is 622 g/mol. The molecule has 0 radical (unpaired) electrons. The largest absolute Gasteiger partial charge is 0.360 e. The molecule has 1 amide bonds. The van der Waals surface area contributed by atoms with E-state index in [0.29, 0.717) is 17.1 Å². The Kier molecular flexibility index (Phi) is 8.18. The lowest BCUT2D eigenvalue weighted by Crippen LogP contribution is -2.43. The highest BCUT2D eigenvalue weighted by Crippen LogP contribution is 2.33. The molecule has 0 bridgehead atoms. The molecule has 9 nitrogen and oxygen atoms in total. The summed E-state index contributed by atoms with van der Waals surface area (Å²) in [6, 6.07) is 15.5. The van der Waals surface area contributed by atoms with Gasteiger partial charge in [-0.2, -0.15) is 0 Å². The molecule has 212 valence electrons. The van der Waals surface area contributed by atoms with Gasteiger partial charge in [0.2, 0.25) is 0 Å². The average Bonchev–Trinajstić information content (AvgIpc) is 3.41. The molecule has 10 heteroatoms. The second-order valence-electron chi connectivity index (χ2n) is 10.5. The molecule has 0 saturated carbocycles. The Labute approximate surface area is 253 Å². The highest BCUT2D eigenvalue weighted by Gasteiger charge is 2.18. The number of piperazine rings is 1. The molecular formula is C32H31BrN8O. The van der Waals surface area contributed by atoms with Crippen LogP contribution in [0.2, 0.25) is 0 Å². The summed E-state index contributed by atoms with van der Waals surface area (Å²) in [4.78, 5) is 38.8. The molecule has 1 saturated heterocycles. The number of nitrogens with zero attached hydrogens (tertiary/aromatic N) is 6. The van der Waals surface area contributed by atoms with Crippen molar-refractivity contribution in [1.29, 1.82) is 0 Å². The van der Waals surface area contributed by atoms with E-state index in [-0.39, 0.29) is 5.91 Å². The number of likely N-dealkylation sites (N-methyl/N-ethyl adjacent to an activating group) is 1. The van der Waals surface area contributed by atoms with Crippen molar-refractivity contribution in [2.75, 3.05) is 38.5 Å². The van der Waals surface area contributed by atoms with Crippen LogP contribution in [0.1, 0.15) is 21.5 Å². The lowest BCUT2D eigenvalue weighted by Gasteiger charge is -2.32. The van der Waals surface area contributed by atoms with Crippen molar-refractivity contribution >= 4 is 27.5 Å². The summed E-state index contributed by atoms with van der Waals surface area (Å²) in [5.41, 5.74) is 7.92. The topological polar surface area (TPSA) is 103 Å². The molecular weight excluding hydrogens is 592 g/mol. The van der Waals surface area contributed by atoms with Crippen molar-refractivity contribution in [2.24, 2.45) is 0 Å². The fourth-order valence-corrected chi connectivity index (χ4v) is 5.60. The fraction of sp³-hybridized carbons (Fsp3) is 0.219. The molecule has 0 atom stereocenters. The molecule has 1 aliphatic rings. The predicted molar refractivity (Wildman–Crippen MR) is 168 cm³/mol. The zero-order valence-electron chi connectivity index (χ0n) is 23.5. The Balaban J connectivity index is 1.16. The number of H-pyrrole nitrogens is 1. The molecule has 6 rings (SSSR count). The number of rotatable bonds is 7. The summed E-state index contributed by atoms with van der Waals surface area (Å²) in [6.07, 6.45) is 8.67. The Morgan fingerprint density at radius 1 is 1.00 bits per heavy atom. The molecule has 0 aliphatic carbocycles. The molecule has 1 fully saturated rings. The van der Waals surface area contributed by atoms with E-state index in [1.165, 1.54) is 11.9 Å². The number of aryl methyl sites for hydroxylation is 1. The van der Waals surface area contributed by atoms with E-state index in [4.69, 9.17) is 4.98 Å². The third kappa shape index (κ3) is 6.15. The molecule has 4 heterocycles. The predicted octanol–water partition coefficient (Wildman–Crippen LogP) is 5.67. The van der Waals surface area contributed by atoms with Crippen LogP contribution in [0.3, 0.4) is 0 Å². The molecule has 0 unspecified atom stereocenters. The first-order chi connectivity index (χ1) is 20.4. The Morgan fingerprint density at radius 3 is 2.50 bits per heavy atom. The zero-order chi connectivity index (χ0) is 29.1. The number of hydrogen-bond donors (Lipinski definition) is 2. The number of benzene rings is 2. The van der Waals surface area contributed by atoms with Gasteiger partial charge in [-0.25, -0.2) is 19.9 Å². The molecule has 2 N–H and O–H groups in total. The standard InChI is InChI=1S/C32H31BrN8O/c1-21-16-37-30(29(21)31-36-10-9-28(39-31)25-17-34-20-35-18-25)22-5-7-26(8-6-22)38-32(42)23-3-4-24(27(33)15-23)19-41-13-11-40(2)12-14-41/h3-10,15-18,20,37H,11-14,19H2,1-2H3,(H,38,42). The van der Waals surface area contributed by atoms with E-state index >= 15 is 0 Å². The summed E-state index contributed by atoms with van der Waals surface area (Å²) in [6.45, 7) is 7.15. The van der Waals surface area contributed by atoms with E-state index in [1.54, 1.807) is 18.6 Å². The molecule has 2 aromatic carbocycles. The summed E-state index contributed by atoms with van der Waals surface area (Å²) in [7, 11) is 2.16. The van der Waals surface area contributed by atoms with E-state index in [1.807, 2.05) is 61.7 Å². The Hall–Kier alpha value is -4.25. The van der Waals surface area contributed by atoms with Gasteiger partial charge in [-0.15, -0.1) is 0 Å². The summed E-state index contributed by atoms with van der Waals surface area (Å²) in [5, 5.41) is 3.02. The SMILES string of the molecule is Cc1c[nH]c(-c2ccc(NC(=O)c3ccc(CN4CCN(C)CC4)c(Br)c3)cc2)c1-c1nccc(-c2cncnc2)n1. The van der Waals surface area contributed by atoms with Crippen molar-refractivity contribution in [3.63, 3.8) is 0 Å². The van der Waals surface area contributed by atoms with Gasteiger partial charge in [0.1, 0.15) is 6.33 Å². The highest BCUT2D eigenvalue weighted by molar-refractivity contribution is 9.10. The number of carbonyl (C=O) groups is 1. The molecule has 5 aromatic rings. The van der Waals surface area contributed by atoms with Crippen molar-refractivity contribution in [3.05, 3.63) is 101 Å². The number of hydrogen-bond acceptors (Lipinski definition) is 7. The number of carbonyl (C=O) groups excluding carboxylic acids is 1. The Morgan fingerprint density at radius 2 is 1.76 bits per heavy atom. The summed E-state index contributed by atoms with van der Waals surface area (Å²) >= 11 is 3.68. The number of halogens is 1. The van der Waals surface area contributed by atoms with E-state index < -0.39 is 0 Å². The van der Waals surface area contributed by atoms with Crippen LogP contribution < -0.4 is 5.32 Å². The van der Waals surface area contributed by atoms with Gasteiger partial charge in [0.25, 0.3) is 5.91 Å². The van der Waals surface area contributed by atoms with Crippen molar-refractivity contribution in [3.8, 4) is 33.9 Å². The van der Waals surface area contributed by atoms with Crippen molar-refractivity contribution < 1.29 is 4.79 Å². The zero-order valence-corrected chi connectivity index (χ0v) is 25.1. The maximum absolute atomic E-state index is 13.1. The van der Waals surface area contributed by atoms with Crippen LogP contribution in [-0.4, -0.2) is 73.9 Å². The third-order valence-electron chi connectivity index (χ3n) is 7.55. The van der Waals surface area contributed by atoms with Crippen LogP contribution in [0.5, 0.6) is 0 Å². The van der Waals surface area contributed by atoms with Crippen LogP contribution in [-0.2, 0) is 6.54 Å². The lowest BCUT2D eigenvalue weighted by atomic mass is 10.0. The van der Waals surface area contributed by atoms with Crippen LogP contribution in [0.4, 0.5) is 5.69 Å². The highest BCUT2D eigenvalue weighted by atomic mass is 79.9. The Bertz CT molecular complexity index is 1700. The summed E-state index contributed by atoms with van der Waals surface area (Å²) in [5.74, 6) is 0.463. The molecule has 1 aliphatic heterocycles. The van der Waals surface area contributed by atoms with Gasteiger partial charge in [-0.3, -0.25) is 9.69 Å². The number of aromatic amines is 1. The van der Waals surface area contributed by atoms with Gasteiger partial charge >= 0.3 is 0 Å². The fourth-order valence-electron chi connectivity index (χ4n) is 5.10. The van der Waals surface area contributed by atoms with Gasteiger partial charge in [-0.05, 0) is 61.0 Å². The van der Waals surface area contributed by atoms with Gasteiger partial charge in [-0.1, -0.05) is 34.1 Å². The third-order valence-corrected chi connectivity index (χ3v) is 8.29.